The van der Waals surface area contributed by atoms with E-state index in [1.807, 2.05) is 30.3 Å². The quantitative estimate of drug-likeness (QED) is 0.571. The van der Waals surface area contributed by atoms with Crippen LogP contribution in [0.1, 0.15) is 38.1 Å². The lowest BCUT2D eigenvalue weighted by Gasteiger charge is -2.30. The van der Waals surface area contributed by atoms with Crippen molar-refractivity contribution in [3.63, 3.8) is 0 Å². The summed E-state index contributed by atoms with van der Waals surface area (Å²) in [6.45, 7) is 10.8. The number of carbonyl (C=O) groups is 1. The van der Waals surface area contributed by atoms with Gasteiger partial charge in [0.15, 0.2) is 0 Å². The zero-order valence-electron chi connectivity index (χ0n) is 16.5. The van der Waals surface area contributed by atoms with Gasteiger partial charge < -0.3 is 15.4 Å². The highest BCUT2D eigenvalue weighted by Gasteiger charge is 2.16. The predicted octanol–water partition coefficient (Wildman–Crippen LogP) is 4.84. The summed E-state index contributed by atoms with van der Waals surface area (Å²) in [4.78, 5) is 14.4. The van der Waals surface area contributed by atoms with E-state index in [2.05, 4.69) is 38.7 Å². The summed E-state index contributed by atoms with van der Waals surface area (Å²) in [5.41, 5.74) is 10.5. The van der Waals surface area contributed by atoms with Gasteiger partial charge in [0.05, 0.1) is 24.0 Å². The number of nitrogens with two attached hydrogens (primary N) is 1. The molecule has 4 heteroatoms. The van der Waals surface area contributed by atoms with E-state index >= 15 is 0 Å². The maximum Gasteiger partial charge on any atom is 0.338 e. The van der Waals surface area contributed by atoms with Crippen molar-refractivity contribution >= 4 is 17.3 Å². The summed E-state index contributed by atoms with van der Waals surface area (Å²) in [5, 5.41) is 0. The fourth-order valence-corrected chi connectivity index (χ4v) is 3.19. The number of carbonyl (C=O) groups excluding carboxylic acids is 1. The van der Waals surface area contributed by atoms with Crippen LogP contribution in [0.5, 0.6) is 0 Å². The molecule has 0 aromatic heterocycles. The average Bonchev–Trinajstić information content (AvgIpc) is 2.59. The summed E-state index contributed by atoms with van der Waals surface area (Å²) >= 11 is 0. The first-order valence-corrected chi connectivity index (χ1v) is 9.15. The normalized spacial score (nSPS) is 11.0. The number of esters is 1. The third kappa shape index (κ3) is 4.78. The molecule has 2 aromatic rings. The maximum atomic E-state index is 12.0. The molecule has 0 heterocycles. The largest absolute Gasteiger partial charge is 0.465 e. The number of nitrogens with zero attached hydrogens (tertiary/aromatic N) is 1. The summed E-state index contributed by atoms with van der Waals surface area (Å²) in [5.74, 6) is 0.755. The Morgan fingerprint density at radius 3 is 2.19 bits per heavy atom. The first kappa shape index (κ1) is 19.8. The van der Waals surface area contributed by atoms with Crippen LogP contribution in [-0.4, -0.2) is 26.2 Å². The molecule has 0 aliphatic carbocycles. The number of nitrogen functional groups attached to an aromatic ring is 1. The SMILES string of the molecule is COC(=O)c1ccccc1-c1ccc(N(CC(C)C)CC(C)C)c(N)c1. The van der Waals surface area contributed by atoms with Crippen molar-refractivity contribution in [3.8, 4) is 11.1 Å². The number of rotatable bonds is 7. The van der Waals surface area contributed by atoms with Crippen molar-refractivity contribution < 1.29 is 9.53 Å². The van der Waals surface area contributed by atoms with E-state index in [1.54, 1.807) is 6.07 Å². The Balaban J connectivity index is 2.42. The number of methoxy groups -OCH3 is 1. The summed E-state index contributed by atoms with van der Waals surface area (Å²) < 4.78 is 4.90. The highest BCUT2D eigenvalue weighted by atomic mass is 16.5. The smallest absolute Gasteiger partial charge is 0.338 e. The Morgan fingerprint density at radius 2 is 1.65 bits per heavy atom. The molecule has 0 amide bonds. The molecule has 0 saturated heterocycles. The standard InChI is InChI=1S/C22H30N2O2/c1-15(2)13-24(14-16(3)4)21-11-10-17(12-20(21)23)18-8-6-7-9-19(18)22(25)26-5/h6-12,15-16H,13-14,23H2,1-5H3. The lowest BCUT2D eigenvalue weighted by molar-refractivity contribution is 0.0601. The van der Waals surface area contributed by atoms with Crippen LogP contribution in [0.2, 0.25) is 0 Å². The number of benzene rings is 2. The second-order valence-electron chi connectivity index (χ2n) is 7.50. The maximum absolute atomic E-state index is 12.0. The van der Waals surface area contributed by atoms with Gasteiger partial charge in [-0.1, -0.05) is 52.0 Å². The van der Waals surface area contributed by atoms with Gasteiger partial charge in [0.1, 0.15) is 0 Å². The summed E-state index contributed by atoms with van der Waals surface area (Å²) in [7, 11) is 1.40. The number of ether oxygens (including phenoxy) is 1. The molecular formula is C22H30N2O2. The van der Waals surface area contributed by atoms with Crippen LogP contribution in [0, 0.1) is 11.8 Å². The van der Waals surface area contributed by atoms with Gasteiger partial charge in [-0.25, -0.2) is 4.79 Å². The zero-order valence-corrected chi connectivity index (χ0v) is 16.5. The van der Waals surface area contributed by atoms with Gasteiger partial charge in [-0.15, -0.1) is 0 Å². The third-order valence-corrected chi connectivity index (χ3v) is 4.18. The van der Waals surface area contributed by atoms with Crippen molar-refractivity contribution in [3.05, 3.63) is 48.0 Å². The molecule has 4 nitrogen and oxygen atoms in total. The third-order valence-electron chi connectivity index (χ3n) is 4.18. The molecule has 0 atom stereocenters. The fourth-order valence-electron chi connectivity index (χ4n) is 3.19. The van der Waals surface area contributed by atoms with E-state index in [0.717, 1.165) is 35.6 Å². The van der Waals surface area contributed by atoms with Gasteiger partial charge in [-0.05, 0) is 41.2 Å². The van der Waals surface area contributed by atoms with Crippen molar-refractivity contribution in [2.75, 3.05) is 30.8 Å². The van der Waals surface area contributed by atoms with Crippen LogP contribution in [0.3, 0.4) is 0 Å². The Bertz CT molecular complexity index is 744. The summed E-state index contributed by atoms with van der Waals surface area (Å²) in [6, 6.07) is 13.5. The molecule has 0 aliphatic rings. The van der Waals surface area contributed by atoms with Gasteiger partial charge in [-0.3, -0.25) is 0 Å². The molecular weight excluding hydrogens is 324 g/mol. The molecule has 0 bridgehead atoms. The van der Waals surface area contributed by atoms with E-state index in [4.69, 9.17) is 10.5 Å². The lowest BCUT2D eigenvalue weighted by Crippen LogP contribution is -2.31. The highest BCUT2D eigenvalue weighted by molar-refractivity contribution is 5.97. The molecule has 0 unspecified atom stereocenters. The Hall–Kier alpha value is -2.49. The van der Waals surface area contributed by atoms with Crippen LogP contribution >= 0.6 is 0 Å². The van der Waals surface area contributed by atoms with Crippen molar-refractivity contribution in [1.82, 2.24) is 0 Å². The number of hydrogen-bond acceptors (Lipinski definition) is 4. The molecule has 2 N–H and O–H groups in total. The lowest BCUT2D eigenvalue weighted by atomic mass is 9.98. The molecule has 26 heavy (non-hydrogen) atoms. The van der Waals surface area contributed by atoms with Gasteiger partial charge in [0.2, 0.25) is 0 Å². The predicted molar refractivity (Wildman–Crippen MR) is 110 cm³/mol. The fraction of sp³-hybridized carbons (Fsp3) is 0.409. The average molecular weight is 354 g/mol. The van der Waals surface area contributed by atoms with Crippen LogP contribution in [0.25, 0.3) is 11.1 Å². The number of hydrogen-bond donors (Lipinski definition) is 1. The summed E-state index contributed by atoms with van der Waals surface area (Å²) in [6.07, 6.45) is 0. The molecule has 140 valence electrons. The Kier molecular flexibility index (Phi) is 6.67. The van der Waals surface area contributed by atoms with Gasteiger partial charge in [-0.2, -0.15) is 0 Å². The minimum absolute atomic E-state index is 0.343. The second kappa shape index (κ2) is 8.75. The highest BCUT2D eigenvalue weighted by Crippen LogP contribution is 2.32. The van der Waals surface area contributed by atoms with Crippen LogP contribution in [0.15, 0.2) is 42.5 Å². The molecule has 2 aromatic carbocycles. The Morgan fingerprint density at radius 1 is 1.04 bits per heavy atom. The molecule has 2 rings (SSSR count). The van der Waals surface area contributed by atoms with E-state index in [9.17, 15) is 4.79 Å². The van der Waals surface area contributed by atoms with E-state index in [-0.39, 0.29) is 5.97 Å². The van der Waals surface area contributed by atoms with Crippen LogP contribution < -0.4 is 10.6 Å². The number of anilines is 2. The van der Waals surface area contributed by atoms with Gasteiger partial charge >= 0.3 is 5.97 Å². The first-order valence-electron chi connectivity index (χ1n) is 9.15. The van der Waals surface area contributed by atoms with E-state index in [0.29, 0.717) is 17.4 Å². The minimum Gasteiger partial charge on any atom is -0.465 e. The van der Waals surface area contributed by atoms with E-state index < -0.39 is 0 Å². The Labute approximate surface area is 157 Å². The van der Waals surface area contributed by atoms with Crippen molar-refractivity contribution in [2.45, 2.75) is 27.7 Å². The van der Waals surface area contributed by atoms with Gasteiger partial charge in [0.25, 0.3) is 0 Å². The second-order valence-corrected chi connectivity index (χ2v) is 7.50. The minimum atomic E-state index is -0.343. The van der Waals surface area contributed by atoms with Crippen molar-refractivity contribution in [1.29, 1.82) is 0 Å². The van der Waals surface area contributed by atoms with E-state index in [1.165, 1.54) is 7.11 Å². The van der Waals surface area contributed by atoms with Gasteiger partial charge in [0, 0.05) is 13.1 Å². The zero-order chi connectivity index (χ0) is 19.3. The van der Waals surface area contributed by atoms with Crippen LogP contribution in [-0.2, 0) is 4.74 Å². The molecule has 0 saturated carbocycles. The molecule has 0 aliphatic heterocycles. The van der Waals surface area contributed by atoms with Crippen molar-refractivity contribution in [2.24, 2.45) is 11.8 Å². The topological polar surface area (TPSA) is 55.6 Å². The molecule has 0 spiro atoms. The molecule has 0 fully saturated rings. The first-order chi connectivity index (χ1) is 12.3. The van der Waals surface area contributed by atoms with Crippen LogP contribution in [0.4, 0.5) is 11.4 Å². The molecule has 0 radical (unpaired) electrons. The monoisotopic (exact) mass is 354 g/mol.